The van der Waals surface area contributed by atoms with Crippen LogP contribution >= 0.6 is 27.5 Å². The van der Waals surface area contributed by atoms with Gasteiger partial charge in [-0.3, -0.25) is 0 Å². The first-order valence-corrected chi connectivity index (χ1v) is 5.46. The van der Waals surface area contributed by atoms with Crippen LogP contribution in [0.25, 0.3) is 0 Å². The molecule has 0 fully saturated rings. The molecule has 1 aromatic carbocycles. The topological polar surface area (TPSA) is 0 Å². The lowest BCUT2D eigenvalue weighted by molar-refractivity contribution is 0.841. The maximum atomic E-state index is 6.05. The fourth-order valence-corrected chi connectivity index (χ4v) is 2.14. The van der Waals surface area contributed by atoms with Crippen molar-refractivity contribution in [3.63, 3.8) is 0 Å². The van der Waals surface area contributed by atoms with Gasteiger partial charge in [-0.25, -0.2) is 0 Å². The van der Waals surface area contributed by atoms with Crippen LogP contribution in [0.4, 0.5) is 0 Å². The molecule has 1 rings (SSSR count). The molecule has 0 nitrogen and oxygen atoms in total. The number of hydrogen-bond acceptors (Lipinski definition) is 0. The summed E-state index contributed by atoms with van der Waals surface area (Å²) >= 11 is 9.54. The van der Waals surface area contributed by atoms with Crippen LogP contribution in [-0.4, -0.2) is 0 Å². The Morgan fingerprint density at radius 1 is 1.46 bits per heavy atom. The van der Waals surface area contributed by atoms with Crippen LogP contribution in [0.15, 0.2) is 35.3 Å². The Bertz CT molecular complexity index is 274. The summed E-state index contributed by atoms with van der Waals surface area (Å²) in [4.78, 5) is 0. The van der Waals surface area contributed by atoms with Gasteiger partial charge in [-0.15, -0.1) is 6.58 Å². The number of rotatable bonds is 4. The van der Waals surface area contributed by atoms with Crippen molar-refractivity contribution in [2.24, 2.45) is 0 Å². The van der Waals surface area contributed by atoms with E-state index in [1.54, 1.807) is 0 Å². The maximum absolute atomic E-state index is 6.05. The molecule has 2 heteroatoms. The molecule has 0 aliphatic carbocycles. The number of halogens is 2. The molecule has 0 aliphatic heterocycles. The molecule has 0 N–H and O–H groups in total. The number of benzene rings is 1. The minimum Gasteiger partial charge on any atom is -0.103 e. The highest BCUT2D eigenvalue weighted by Crippen LogP contribution is 2.26. The number of allylic oxidation sites excluding steroid dienone is 1. The Kier molecular flexibility index (Phi) is 4.54. The fraction of sp³-hybridized carbons (Fsp3) is 0.273. The van der Waals surface area contributed by atoms with Crippen molar-refractivity contribution >= 4 is 27.5 Å². The molecule has 0 saturated heterocycles. The van der Waals surface area contributed by atoms with Crippen LogP contribution in [-0.2, 0) is 6.42 Å². The molecule has 0 aromatic heterocycles. The van der Waals surface area contributed by atoms with Crippen molar-refractivity contribution < 1.29 is 0 Å². The molecule has 13 heavy (non-hydrogen) atoms. The van der Waals surface area contributed by atoms with E-state index in [2.05, 4.69) is 22.5 Å². The average Bonchev–Trinajstić information content (AvgIpc) is 2.10. The second kappa shape index (κ2) is 5.46. The largest absolute Gasteiger partial charge is 0.103 e. The monoisotopic (exact) mass is 258 g/mol. The summed E-state index contributed by atoms with van der Waals surface area (Å²) in [5, 5.41) is 0.846. The van der Waals surface area contributed by atoms with Gasteiger partial charge in [0, 0.05) is 9.50 Å². The lowest BCUT2D eigenvalue weighted by atomic mass is 10.1. The van der Waals surface area contributed by atoms with Gasteiger partial charge in [-0.2, -0.15) is 0 Å². The van der Waals surface area contributed by atoms with Gasteiger partial charge in [0.2, 0.25) is 0 Å². The Morgan fingerprint density at radius 3 is 2.85 bits per heavy atom. The fourth-order valence-electron chi connectivity index (χ4n) is 1.19. The van der Waals surface area contributed by atoms with Gasteiger partial charge in [0.25, 0.3) is 0 Å². The van der Waals surface area contributed by atoms with E-state index < -0.39 is 0 Å². The van der Waals surface area contributed by atoms with Crippen LogP contribution in [0.3, 0.4) is 0 Å². The van der Waals surface area contributed by atoms with E-state index >= 15 is 0 Å². The zero-order valence-corrected chi connectivity index (χ0v) is 9.74. The van der Waals surface area contributed by atoms with Crippen molar-refractivity contribution in [2.75, 3.05) is 0 Å². The van der Waals surface area contributed by atoms with Crippen molar-refractivity contribution in [3.8, 4) is 0 Å². The predicted molar refractivity (Wildman–Crippen MR) is 62.3 cm³/mol. The van der Waals surface area contributed by atoms with Gasteiger partial charge in [-0.05, 0) is 37.0 Å². The third kappa shape index (κ3) is 3.17. The zero-order chi connectivity index (χ0) is 9.68. The summed E-state index contributed by atoms with van der Waals surface area (Å²) in [5.41, 5.74) is 1.20. The highest BCUT2D eigenvalue weighted by molar-refractivity contribution is 9.10. The van der Waals surface area contributed by atoms with Gasteiger partial charge in [-0.1, -0.05) is 39.7 Å². The third-order valence-electron chi connectivity index (χ3n) is 1.90. The van der Waals surface area contributed by atoms with Crippen LogP contribution in [0.2, 0.25) is 5.02 Å². The Balaban J connectivity index is 2.69. The third-order valence-corrected chi connectivity index (χ3v) is 2.99. The van der Waals surface area contributed by atoms with E-state index in [4.69, 9.17) is 11.6 Å². The van der Waals surface area contributed by atoms with Gasteiger partial charge in [0.1, 0.15) is 0 Å². The molecule has 1 aromatic rings. The molecular formula is C11H12BrCl. The number of hydrogen-bond donors (Lipinski definition) is 0. The molecule has 0 unspecified atom stereocenters. The van der Waals surface area contributed by atoms with E-state index in [0.717, 1.165) is 28.8 Å². The summed E-state index contributed by atoms with van der Waals surface area (Å²) in [6, 6.07) is 5.90. The van der Waals surface area contributed by atoms with Crippen molar-refractivity contribution in [1.29, 1.82) is 0 Å². The highest BCUT2D eigenvalue weighted by Gasteiger charge is 2.03. The molecule has 0 heterocycles. The molecule has 0 amide bonds. The SMILES string of the molecule is C=CCCCc1c(Cl)cccc1Br. The second-order valence-electron chi connectivity index (χ2n) is 2.88. The lowest BCUT2D eigenvalue weighted by Gasteiger charge is -2.05. The number of unbranched alkanes of at least 4 members (excludes halogenated alkanes) is 1. The van der Waals surface area contributed by atoms with Crippen LogP contribution in [0, 0.1) is 0 Å². The first kappa shape index (κ1) is 10.8. The van der Waals surface area contributed by atoms with Gasteiger partial charge < -0.3 is 0 Å². The van der Waals surface area contributed by atoms with Gasteiger partial charge in [0.05, 0.1) is 0 Å². The van der Waals surface area contributed by atoms with Crippen LogP contribution in [0.5, 0.6) is 0 Å². The summed E-state index contributed by atoms with van der Waals surface area (Å²) in [6.07, 6.45) is 5.08. The normalized spacial score (nSPS) is 10.0. The second-order valence-corrected chi connectivity index (χ2v) is 4.14. The Morgan fingerprint density at radius 2 is 2.23 bits per heavy atom. The molecule has 0 spiro atoms. The lowest BCUT2D eigenvalue weighted by Crippen LogP contribution is -1.87. The first-order chi connectivity index (χ1) is 6.25. The van der Waals surface area contributed by atoms with Crippen LogP contribution in [0.1, 0.15) is 18.4 Å². The average molecular weight is 260 g/mol. The van der Waals surface area contributed by atoms with E-state index in [9.17, 15) is 0 Å². The first-order valence-electron chi connectivity index (χ1n) is 4.29. The zero-order valence-electron chi connectivity index (χ0n) is 7.39. The minimum absolute atomic E-state index is 0.846. The Hall–Kier alpha value is -0.270. The van der Waals surface area contributed by atoms with Crippen molar-refractivity contribution in [3.05, 3.63) is 45.9 Å². The Labute approximate surface area is 92.7 Å². The predicted octanol–water partition coefficient (Wildman–Crippen LogP) is 4.61. The molecule has 0 saturated carbocycles. The van der Waals surface area contributed by atoms with E-state index in [1.165, 1.54) is 5.56 Å². The molecule has 0 radical (unpaired) electrons. The minimum atomic E-state index is 0.846. The standard InChI is InChI=1S/C11H12BrCl/c1-2-3-4-6-9-10(12)7-5-8-11(9)13/h2,5,7-8H,1,3-4,6H2. The molecule has 70 valence electrons. The molecular weight excluding hydrogens is 247 g/mol. The van der Waals surface area contributed by atoms with E-state index in [1.807, 2.05) is 24.3 Å². The highest BCUT2D eigenvalue weighted by atomic mass is 79.9. The van der Waals surface area contributed by atoms with Crippen LogP contribution < -0.4 is 0 Å². The van der Waals surface area contributed by atoms with Gasteiger partial charge >= 0.3 is 0 Å². The summed E-state index contributed by atoms with van der Waals surface area (Å²) in [7, 11) is 0. The van der Waals surface area contributed by atoms with Gasteiger partial charge in [0.15, 0.2) is 0 Å². The molecule has 0 aliphatic rings. The molecule has 0 atom stereocenters. The van der Waals surface area contributed by atoms with Crippen molar-refractivity contribution in [1.82, 2.24) is 0 Å². The summed E-state index contributed by atoms with van der Waals surface area (Å²) in [6.45, 7) is 3.69. The van der Waals surface area contributed by atoms with Crippen molar-refractivity contribution in [2.45, 2.75) is 19.3 Å². The summed E-state index contributed by atoms with van der Waals surface area (Å²) in [5.74, 6) is 0. The van der Waals surface area contributed by atoms with E-state index in [-0.39, 0.29) is 0 Å². The quantitative estimate of drug-likeness (QED) is 0.547. The summed E-state index contributed by atoms with van der Waals surface area (Å²) < 4.78 is 1.10. The molecule has 0 bridgehead atoms. The van der Waals surface area contributed by atoms with E-state index in [0.29, 0.717) is 0 Å². The maximum Gasteiger partial charge on any atom is 0.0449 e. The smallest absolute Gasteiger partial charge is 0.0449 e.